The second kappa shape index (κ2) is 8.74. The summed E-state index contributed by atoms with van der Waals surface area (Å²) in [7, 11) is 0. The topological polar surface area (TPSA) is 67.5 Å². The first kappa shape index (κ1) is 20.1. The number of fused-ring (bicyclic) bond motifs is 2. The Hall–Kier alpha value is -2.81. The number of rotatable bonds is 6. The first-order valence-electron chi connectivity index (χ1n) is 10.8. The van der Waals surface area contributed by atoms with Crippen LogP contribution in [0.15, 0.2) is 28.9 Å². The molecule has 31 heavy (non-hydrogen) atoms. The molecule has 0 N–H and O–H groups in total. The number of hydrogen-bond donors (Lipinski definition) is 0. The summed E-state index contributed by atoms with van der Waals surface area (Å²) in [6.45, 7) is 3.55. The van der Waals surface area contributed by atoms with Gasteiger partial charge in [-0.3, -0.25) is 4.90 Å². The van der Waals surface area contributed by atoms with Crippen LogP contribution in [0, 0.1) is 0 Å². The van der Waals surface area contributed by atoms with E-state index in [-0.39, 0.29) is 5.88 Å². The van der Waals surface area contributed by atoms with Crippen molar-refractivity contribution in [2.45, 2.75) is 38.7 Å². The van der Waals surface area contributed by atoms with E-state index < -0.39 is 13.0 Å². The van der Waals surface area contributed by atoms with E-state index >= 15 is 0 Å². The lowest BCUT2D eigenvalue weighted by molar-refractivity contribution is 0.0804. The predicted octanol–water partition coefficient (Wildman–Crippen LogP) is 3.46. The number of piperazine rings is 1. The van der Waals surface area contributed by atoms with Gasteiger partial charge in [-0.2, -0.15) is 0 Å². The number of benzene rings is 1. The lowest BCUT2D eigenvalue weighted by Gasteiger charge is -2.35. The molecule has 1 fully saturated rings. The van der Waals surface area contributed by atoms with Crippen LogP contribution in [0.2, 0.25) is 0 Å². The van der Waals surface area contributed by atoms with Crippen molar-refractivity contribution in [2.75, 3.05) is 37.7 Å². The highest BCUT2D eigenvalue weighted by Gasteiger charge is 2.22. The van der Waals surface area contributed by atoms with Crippen LogP contribution in [0.1, 0.15) is 30.2 Å². The first-order chi connectivity index (χ1) is 15.2. The minimum absolute atomic E-state index is 0.193. The third kappa shape index (κ3) is 4.46. The molecule has 3 aromatic rings. The molecule has 1 aliphatic heterocycles. The van der Waals surface area contributed by atoms with Gasteiger partial charge in [0, 0.05) is 38.3 Å². The van der Waals surface area contributed by atoms with E-state index in [0.717, 1.165) is 68.6 Å². The highest BCUT2D eigenvalue weighted by atomic mass is 19.3. The van der Waals surface area contributed by atoms with Gasteiger partial charge in [0.05, 0.1) is 23.1 Å². The van der Waals surface area contributed by atoms with E-state index in [2.05, 4.69) is 19.8 Å². The standard InChI is InChI=1S/C22H25F2N5O2/c23-20(24)13-30-22-16-11-15(5-6-17(16)25-14-26-22)29-9-7-28(8-10-29)12-21-27-18-3-1-2-4-19(18)31-21/h5-6,11,14,20H,1-4,7-10,12-13H2. The minimum atomic E-state index is -2.55. The Morgan fingerprint density at radius 2 is 1.90 bits per heavy atom. The summed E-state index contributed by atoms with van der Waals surface area (Å²) < 4.78 is 36.3. The molecule has 1 aliphatic carbocycles. The third-order valence-corrected chi connectivity index (χ3v) is 5.91. The van der Waals surface area contributed by atoms with Crippen LogP contribution in [-0.2, 0) is 19.4 Å². The van der Waals surface area contributed by atoms with E-state index in [1.54, 1.807) is 0 Å². The molecule has 1 saturated heterocycles. The second-order valence-electron chi connectivity index (χ2n) is 8.03. The molecule has 0 radical (unpaired) electrons. The van der Waals surface area contributed by atoms with Gasteiger partial charge in [-0.05, 0) is 37.5 Å². The molecule has 0 bridgehead atoms. The van der Waals surface area contributed by atoms with Gasteiger partial charge in [0.15, 0.2) is 6.61 Å². The maximum Gasteiger partial charge on any atom is 0.272 e. The van der Waals surface area contributed by atoms with E-state index in [0.29, 0.717) is 10.9 Å². The van der Waals surface area contributed by atoms with E-state index in [1.807, 2.05) is 18.2 Å². The summed E-state index contributed by atoms with van der Waals surface area (Å²) in [5.41, 5.74) is 2.83. The van der Waals surface area contributed by atoms with Crippen molar-refractivity contribution in [1.29, 1.82) is 0 Å². The largest absolute Gasteiger partial charge is 0.471 e. The molecule has 5 rings (SSSR count). The van der Waals surface area contributed by atoms with Gasteiger partial charge < -0.3 is 14.1 Å². The van der Waals surface area contributed by atoms with Crippen LogP contribution in [-0.4, -0.2) is 59.1 Å². The van der Waals surface area contributed by atoms with Crippen LogP contribution in [0.5, 0.6) is 5.88 Å². The van der Waals surface area contributed by atoms with E-state index in [1.165, 1.54) is 19.2 Å². The van der Waals surface area contributed by atoms with Gasteiger partial charge in [0.1, 0.15) is 12.1 Å². The number of alkyl halides is 2. The van der Waals surface area contributed by atoms with Crippen molar-refractivity contribution >= 4 is 16.6 Å². The molecule has 0 amide bonds. The number of nitrogens with zero attached hydrogens (tertiary/aromatic N) is 5. The fraction of sp³-hybridized carbons (Fsp3) is 0.500. The Labute approximate surface area is 179 Å². The van der Waals surface area contributed by atoms with Gasteiger partial charge in [0.2, 0.25) is 11.8 Å². The van der Waals surface area contributed by atoms with Crippen molar-refractivity contribution in [2.24, 2.45) is 0 Å². The number of oxazole rings is 1. The lowest BCUT2D eigenvalue weighted by Crippen LogP contribution is -2.46. The summed E-state index contributed by atoms with van der Waals surface area (Å²) in [6, 6.07) is 5.81. The van der Waals surface area contributed by atoms with E-state index in [9.17, 15) is 8.78 Å². The molecule has 0 unspecified atom stereocenters. The number of hydrogen-bond acceptors (Lipinski definition) is 7. The molecule has 0 saturated carbocycles. The first-order valence-corrected chi connectivity index (χ1v) is 10.8. The molecular weight excluding hydrogens is 404 g/mol. The van der Waals surface area contributed by atoms with Gasteiger partial charge in [-0.25, -0.2) is 23.7 Å². The molecule has 0 atom stereocenters. The minimum Gasteiger partial charge on any atom is -0.471 e. The molecule has 9 heteroatoms. The molecule has 2 aromatic heterocycles. The molecule has 0 spiro atoms. The summed E-state index contributed by atoms with van der Waals surface area (Å²) in [4.78, 5) is 17.6. The Kier molecular flexibility index (Phi) is 5.67. The molecule has 2 aliphatic rings. The summed E-state index contributed by atoms with van der Waals surface area (Å²) in [6.07, 6.45) is 3.21. The monoisotopic (exact) mass is 429 g/mol. The molecular formula is C22H25F2N5O2. The normalized spacial score (nSPS) is 17.3. The summed E-state index contributed by atoms with van der Waals surface area (Å²) in [5.74, 6) is 2.09. The molecule has 164 valence electrons. The van der Waals surface area contributed by atoms with Crippen LogP contribution < -0.4 is 9.64 Å². The van der Waals surface area contributed by atoms with E-state index in [4.69, 9.17) is 14.1 Å². The van der Waals surface area contributed by atoms with Gasteiger partial charge in [0.25, 0.3) is 6.43 Å². The van der Waals surface area contributed by atoms with Crippen molar-refractivity contribution in [1.82, 2.24) is 19.9 Å². The smallest absolute Gasteiger partial charge is 0.272 e. The zero-order valence-corrected chi connectivity index (χ0v) is 17.3. The van der Waals surface area contributed by atoms with Crippen LogP contribution in [0.25, 0.3) is 10.9 Å². The van der Waals surface area contributed by atoms with Gasteiger partial charge in [-0.1, -0.05) is 0 Å². The van der Waals surface area contributed by atoms with Crippen LogP contribution in [0.4, 0.5) is 14.5 Å². The highest BCUT2D eigenvalue weighted by Crippen LogP contribution is 2.28. The number of aromatic nitrogens is 3. The fourth-order valence-electron chi connectivity index (χ4n) is 4.30. The summed E-state index contributed by atoms with van der Waals surface area (Å²) >= 11 is 0. The molecule has 1 aromatic carbocycles. The number of aryl methyl sites for hydroxylation is 2. The van der Waals surface area contributed by atoms with Crippen molar-refractivity contribution < 1.29 is 17.9 Å². The maximum absolute atomic E-state index is 12.6. The summed E-state index contributed by atoms with van der Waals surface area (Å²) in [5, 5.41) is 0.647. The number of halogens is 2. The maximum atomic E-state index is 12.6. The van der Waals surface area contributed by atoms with Crippen LogP contribution >= 0.6 is 0 Å². The quantitative estimate of drug-likeness (QED) is 0.594. The fourth-order valence-corrected chi connectivity index (χ4v) is 4.30. The zero-order chi connectivity index (χ0) is 21.2. The Morgan fingerprint density at radius 1 is 1.06 bits per heavy atom. The predicted molar refractivity (Wildman–Crippen MR) is 112 cm³/mol. The second-order valence-corrected chi connectivity index (χ2v) is 8.03. The lowest BCUT2D eigenvalue weighted by atomic mass is 10.0. The van der Waals surface area contributed by atoms with Crippen molar-refractivity contribution in [3.05, 3.63) is 41.9 Å². The van der Waals surface area contributed by atoms with Gasteiger partial charge in [-0.15, -0.1) is 0 Å². The van der Waals surface area contributed by atoms with Gasteiger partial charge >= 0.3 is 0 Å². The van der Waals surface area contributed by atoms with Crippen LogP contribution in [0.3, 0.4) is 0 Å². The Balaban J connectivity index is 1.24. The van der Waals surface area contributed by atoms with Crippen molar-refractivity contribution in [3.8, 4) is 5.88 Å². The SMILES string of the molecule is FC(F)COc1ncnc2ccc(N3CCN(Cc4nc5c(o4)CCCC5)CC3)cc12. The van der Waals surface area contributed by atoms with Crippen molar-refractivity contribution in [3.63, 3.8) is 0 Å². The third-order valence-electron chi connectivity index (χ3n) is 5.91. The molecule has 3 heterocycles. The average molecular weight is 429 g/mol. The number of anilines is 1. The number of ether oxygens (including phenoxy) is 1. The molecule has 7 nitrogen and oxygen atoms in total. The highest BCUT2D eigenvalue weighted by molar-refractivity contribution is 5.86. The average Bonchev–Trinajstić information content (AvgIpc) is 3.20. The Bertz CT molecular complexity index is 1030. The zero-order valence-electron chi connectivity index (χ0n) is 17.3. The Morgan fingerprint density at radius 3 is 2.71 bits per heavy atom.